The Kier molecular flexibility index (Phi) is 3.80. The third-order valence-electron chi connectivity index (χ3n) is 5.72. The summed E-state index contributed by atoms with van der Waals surface area (Å²) >= 11 is 6.15. The first-order valence-corrected chi connectivity index (χ1v) is 8.87. The van der Waals surface area contributed by atoms with Crippen molar-refractivity contribution in [2.45, 2.75) is 24.2 Å². The first kappa shape index (κ1) is 17.3. The lowest BCUT2D eigenvalue weighted by molar-refractivity contribution is -0.134. The molecule has 132 valence electrons. The molecular weight excluding hydrogens is 362 g/mol. The first-order chi connectivity index (χ1) is 13.0. The second-order valence-electron chi connectivity index (χ2n) is 6.96. The topological polar surface area (TPSA) is 93.8 Å². The highest BCUT2D eigenvalue weighted by atomic mass is 35.5. The van der Waals surface area contributed by atoms with Gasteiger partial charge < -0.3 is 5.32 Å². The van der Waals surface area contributed by atoms with E-state index < -0.39 is 22.7 Å². The normalized spacial score (nSPS) is 25.4. The highest BCUT2D eigenvalue weighted by Crippen LogP contribution is 2.61. The maximum atomic E-state index is 13.2. The predicted octanol–water partition coefficient (Wildman–Crippen LogP) is 3.71. The maximum absolute atomic E-state index is 13.2. The molecule has 1 spiro atoms. The number of fused-ring (bicyclic) bond motifs is 2. The second-order valence-corrected chi connectivity index (χ2v) is 7.40. The number of benzene rings is 2. The zero-order valence-corrected chi connectivity index (χ0v) is 15.0. The van der Waals surface area contributed by atoms with Crippen molar-refractivity contribution in [3.05, 3.63) is 64.7 Å². The van der Waals surface area contributed by atoms with Crippen LogP contribution in [0, 0.1) is 28.1 Å². The molecule has 2 aromatic carbocycles. The number of nitriles is 2. The van der Waals surface area contributed by atoms with E-state index in [4.69, 9.17) is 11.6 Å². The van der Waals surface area contributed by atoms with Crippen molar-refractivity contribution < 1.29 is 9.59 Å². The van der Waals surface area contributed by atoms with E-state index in [2.05, 4.69) is 17.5 Å². The van der Waals surface area contributed by atoms with Gasteiger partial charge in [-0.25, -0.2) is 0 Å². The molecule has 0 bridgehead atoms. The van der Waals surface area contributed by atoms with E-state index >= 15 is 0 Å². The van der Waals surface area contributed by atoms with Gasteiger partial charge in [0.05, 0.1) is 12.1 Å². The number of halogens is 1. The van der Waals surface area contributed by atoms with E-state index in [1.165, 1.54) is 0 Å². The quantitative estimate of drug-likeness (QED) is 0.822. The van der Waals surface area contributed by atoms with Crippen LogP contribution in [0.25, 0.3) is 0 Å². The van der Waals surface area contributed by atoms with Gasteiger partial charge in [0, 0.05) is 29.5 Å². The molecule has 1 aliphatic heterocycles. The summed E-state index contributed by atoms with van der Waals surface area (Å²) in [6.45, 7) is 0. The van der Waals surface area contributed by atoms with Gasteiger partial charge in [-0.2, -0.15) is 10.5 Å². The number of nitrogens with one attached hydrogen (secondary N) is 1. The number of carbonyl (C=O) groups excluding carboxylic acids is 2. The molecule has 2 aromatic rings. The summed E-state index contributed by atoms with van der Waals surface area (Å²) in [6.07, 6.45) is -0.160. The fraction of sp³-hybridized carbons (Fsp3) is 0.238. The number of anilines is 1. The van der Waals surface area contributed by atoms with Gasteiger partial charge >= 0.3 is 0 Å². The number of nitrogens with zero attached hydrogens (tertiary/aromatic N) is 2. The van der Waals surface area contributed by atoms with Gasteiger partial charge in [-0.1, -0.05) is 41.9 Å². The first-order valence-electron chi connectivity index (χ1n) is 8.49. The standard InChI is InChI=1S/C21H14ClN3O2/c22-14-6-7-18-17(8-14)21(19(27)25-18)10-15(26)9-16(20(21,11-23)12-24)13-4-2-1-3-5-13/h1-8,16H,9-10H2,(H,25,27)/t16-,21-/m1/s1. The van der Waals surface area contributed by atoms with Crippen molar-refractivity contribution in [1.82, 2.24) is 0 Å². The highest BCUT2D eigenvalue weighted by molar-refractivity contribution is 6.31. The van der Waals surface area contributed by atoms with Gasteiger partial charge in [-0.05, 0) is 29.3 Å². The Morgan fingerprint density at radius 2 is 1.78 bits per heavy atom. The minimum atomic E-state index is -1.73. The Bertz CT molecular complexity index is 1040. The number of hydrogen-bond donors (Lipinski definition) is 1. The monoisotopic (exact) mass is 375 g/mol. The van der Waals surface area contributed by atoms with Gasteiger partial charge in [0.2, 0.25) is 5.91 Å². The van der Waals surface area contributed by atoms with Crippen molar-refractivity contribution in [3.63, 3.8) is 0 Å². The maximum Gasteiger partial charge on any atom is 0.238 e. The summed E-state index contributed by atoms with van der Waals surface area (Å²) in [5.74, 6) is -1.38. The Morgan fingerprint density at radius 1 is 1.07 bits per heavy atom. The molecule has 2 aliphatic rings. The number of ketones is 1. The lowest BCUT2D eigenvalue weighted by Gasteiger charge is -2.46. The zero-order chi connectivity index (χ0) is 19.2. The minimum absolute atomic E-state index is 0.0378. The number of Topliss-reactive ketones (excluding diaryl/α,β-unsaturated/α-hetero) is 1. The molecule has 0 aromatic heterocycles. The van der Waals surface area contributed by atoms with Crippen LogP contribution >= 0.6 is 11.6 Å². The molecular formula is C21H14ClN3O2. The van der Waals surface area contributed by atoms with E-state index in [0.717, 1.165) is 0 Å². The average Bonchev–Trinajstić information content (AvgIpc) is 2.95. The Morgan fingerprint density at radius 3 is 2.44 bits per heavy atom. The van der Waals surface area contributed by atoms with Crippen LogP contribution in [0.15, 0.2) is 48.5 Å². The van der Waals surface area contributed by atoms with Crippen LogP contribution < -0.4 is 5.32 Å². The molecule has 1 aliphatic carbocycles. The van der Waals surface area contributed by atoms with Crippen LogP contribution in [0.2, 0.25) is 5.02 Å². The van der Waals surface area contributed by atoms with Crippen LogP contribution in [0.5, 0.6) is 0 Å². The van der Waals surface area contributed by atoms with Crippen molar-refractivity contribution in [1.29, 1.82) is 10.5 Å². The van der Waals surface area contributed by atoms with Gasteiger partial charge in [0.15, 0.2) is 5.41 Å². The minimum Gasteiger partial charge on any atom is -0.325 e. The fourth-order valence-corrected chi connectivity index (χ4v) is 4.68. The Hall–Kier alpha value is -3.15. The van der Waals surface area contributed by atoms with E-state index in [0.29, 0.717) is 21.8 Å². The lowest BCUT2D eigenvalue weighted by atomic mass is 9.49. The molecule has 1 heterocycles. The molecule has 4 rings (SSSR count). The number of carbonyl (C=O) groups is 2. The van der Waals surface area contributed by atoms with Crippen molar-refractivity contribution in [2.24, 2.45) is 5.41 Å². The van der Waals surface area contributed by atoms with Crippen molar-refractivity contribution in [2.75, 3.05) is 5.32 Å². The van der Waals surface area contributed by atoms with E-state index in [-0.39, 0.29) is 18.6 Å². The smallest absolute Gasteiger partial charge is 0.238 e. The van der Waals surface area contributed by atoms with E-state index in [1.54, 1.807) is 42.5 Å². The van der Waals surface area contributed by atoms with Crippen LogP contribution in [0.4, 0.5) is 5.69 Å². The summed E-state index contributed by atoms with van der Waals surface area (Å²) in [5, 5.41) is 23.5. The molecule has 1 saturated carbocycles. The van der Waals surface area contributed by atoms with Crippen LogP contribution in [0.3, 0.4) is 0 Å². The Labute approximate surface area is 161 Å². The Balaban J connectivity index is 2.05. The van der Waals surface area contributed by atoms with Crippen LogP contribution in [-0.4, -0.2) is 11.7 Å². The van der Waals surface area contributed by atoms with Crippen LogP contribution in [-0.2, 0) is 15.0 Å². The van der Waals surface area contributed by atoms with Crippen molar-refractivity contribution in [3.8, 4) is 12.1 Å². The summed E-state index contributed by atoms with van der Waals surface area (Å²) in [6, 6.07) is 18.1. The summed E-state index contributed by atoms with van der Waals surface area (Å²) in [7, 11) is 0. The molecule has 1 amide bonds. The summed E-state index contributed by atoms with van der Waals surface area (Å²) < 4.78 is 0. The second kappa shape index (κ2) is 5.94. The van der Waals surface area contributed by atoms with E-state index in [1.807, 2.05) is 6.07 Å². The largest absolute Gasteiger partial charge is 0.325 e. The lowest BCUT2D eigenvalue weighted by Crippen LogP contribution is -2.56. The van der Waals surface area contributed by atoms with Crippen molar-refractivity contribution >= 4 is 29.0 Å². The molecule has 27 heavy (non-hydrogen) atoms. The molecule has 5 nitrogen and oxygen atoms in total. The SMILES string of the molecule is N#CC1(C#N)[C@@H](c2ccccc2)CC(=O)C[C@@]12C(=O)Nc1ccc(Cl)cc12. The number of amides is 1. The summed E-state index contributed by atoms with van der Waals surface area (Å²) in [5.41, 5.74) is -1.70. The fourth-order valence-electron chi connectivity index (χ4n) is 4.51. The molecule has 0 unspecified atom stereocenters. The predicted molar refractivity (Wildman–Crippen MR) is 98.8 cm³/mol. The van der Waals surface area contributed by atoms with Gasteiger partial charge in [-0.15, -0.1) is 0 Å². The number of hydrogen-bond acceptors (Lipinski definition) is 4. The van der Waals surface area contributed by atoms with Gasteiger partial charge in [0.1, 0.15) is 11.2 Å². The van der Waals surface area contributed by atoms with Crippen LogP contribution in [0.1, 0.15) is 29.9 Å². The number of rotatable bonds is 1. The molecule has 2 atom stereocenters. The molecule has 6 heteroatoms. The average molecular weight is 376 g/mol. The van der Waals surface area contributed by atoms with Gasteiger partial charge in [0.25, 0.3) is 0 Å². The van der Waals surface area contributed by atoms with Gasteiger partial charge in [-0.3, -0.25) is 9.59 Å². The third kappa shape index (κ3) is 2.16. The molecule has 1 N–H and O–H groups in total. The molecule has 0 radical (unpaired) electrons. The third-order valence-corrected chi connectivity index (χ3v) is 5.96. The molecule has 0 saturated heterocycles. The van der Waals surface area contributed by atoms with E-state index in [9.17, 15) is 20.1 Å². The zero-order valence-electron chi connectivity index (χ0n) is 14.2. The molecule has 1 fully saturated rings. The summed E-state index contributed by atoms with van der Waals surface area (Å²) in [4.78, 5) is 25.9. The highest BCUT2D eigenvalue weighted by Gasteiger charge is 2.68.